The van der Waals surface area contributed by atoms with E-state index in [1.165, 1.54) is 18.4 Å². The van der Waals surface area contributed by atoms with Gasteiger partial charge in [0.05, 0.1) is 17.7 Å². The lowest BCUT2D eigenvalue weighted by atomic mass is 10.1. The molecule has 2 N–H and O–H groups in total. The number of ether oxygens (including phenoxy) is 1. The summed E-state index contributed by atoms with van der Waals surface area (Å²) in [5.41, 5.74) is 7.92. The standard InChI is InChI=1S/C12H11N3OS/c1-7-15-11(12(14)17-7)8-3-4-10(16-2)9(5-8)6-13/h3-5H,14H2,1-2H3. The molecule has 5 heteroatoms. The third-order valence-corrected chi connectivity index (χ3v) is 3.15. The third-order valence-electron chi connectivity index (χ3n) is 2.35. The summed E-state index contributed by atoms with van der Waals surface area (Å²) in [6.07, 6.45) is 0. The molecule has 0 bridgehead atoms. The lowest BCUT2D eigenvalue weighted by Crippen LogP contribution is -1.90. The van der Waals surface area contributed by atoms with Gasteiger partial charge in [0.2, 0.25) is 0 Å². The van der Waals surface area contributed by atoms with Crippen LogP contribution in [-0.4, -0.2) is 12.1 Å². The molecule has 0 saturated carbocycles. The van der Waals surface area contributed by atoms with E-state index in [9.17, 15) is 0 Å². The van der Waals surface area contributed by atoms with Gasteiger partial charge in [-0.05, 0) is 25.1 Å². The lowest BCUT2D eigenvalue weighted by molar-refractivity contribution is 0.413. The van der Waals surface area contributed by atoms with E-state index in [2.05, 4.69) is 11.1 Å². The minimum Gasteiger partial charge on any atom is -0.495 e. The van der Waals surface area contributed by atoms with Gasteiger partial charge < -0.3 is 10.5 Å². The number of aryl methyl sites for hydroxylation is 1. The van der Waals surface area contributed by atoms with Crippen molar-refractivity contribution in [1.82, 2.24) is 4.98 Å². The molecule has 1 aromatic carbocycles. The zero-order chi connectivity index (χ0) is 12.4. The molecular formula is C12H11N3OS. The highest BCUT2D eigenvalue weighted by Crippen LogP contribution is 2.32. The Hall–Kier alpha value is -2.06. The van der Waals surface area contributed by atoms with E-state index >= 15 is 0 Å². The molecule has 0 radical (unpaired) electrons. The fourth-order valence-electron chi connectivity index (χ4n) is 1.59. The van der Waals surface area contributed by atoms with E-state index in [4.69, 9.17) is 15.7 Å². The van der Waals surface area contributed by atoms with Gasteiger partial charge in [0, 0.05) is 5.56 Å². The Morgan fingerprint density at radius 1 is 1.47 bits per heavy atom. The fourth-order valence-corrected chi connectivity index (χ4v) is 2.31. The fraction of sp³-hybridized carbons (Fsp3) is 0.167. The van der Waals surface area contributed by atoms with Crippen LogP contribution in [0.15, 0.2) is 18.2 Å². The van der Waals surface area contributed by atoms with Gasteiger partial charge in [0.1, 0.15) is 22.5 Å². The summed E-state index contributed by atoms with van der Waals surface area (Å²) in [6, 6.07) is 7.44. The Bertz CT molecular complexity index is 598. The molecule has 1 aromatic heterocycles. The van der Waals surface area contributed by atoms with Gasteiger partial charge >= 0.3 is 0 Å². The quantitative estimate of drug-likeness (QED) is 0.882. The Morgan fingerprint density at radius 3 is 2.76 bits per heavy atom. The van der Waals surface area contributed by atoms with Crippen LogP contribution in [0, 0.1) is 18.3 Å². The van der Waals surface area contributed by atoms with Crippen molar-refractivity contribution in [1.29, 1.82) is 5.26 Å². The van der Waals surface area contributed by atoms with Gasteiger partial charge in [0.15, 0.2) is 0 Å². The lowest BCUT2D eigenvalue weighted by Gasteiger charge is -2.04. The molecule has 2 rings (SSSR count). The highest BCUT2D eigenvalue weighted by Gasteiger charge is 2.11. The van der Waals surface area contributed by atoms with E-state index < -0.39 is 0 Å². The maximum absolute atomic E-state index is 9.02. The van der Waals surface area contributed by atoms with Crippen molar-refractivity contribution in [3.63, 3.8) is 0 Å². The number of nitriles is 1. The first-order valence-corrected chi connectivity index (χ1v) is 5.78. The van der Waals surface area contributed by atoms with Crippen LogP contribution in [0.1, 0.15) is 10.6 Å². The summed E-state index contributed by atoms with van der Waals surface area (Å²) in [7, 11) is 1.54. The maximum atomic E-state index is 9.02. The Labute approximate surface area is 103 Å². The predicted molar refractivity (Wildman–Crippen MR) is 68.0 cm³/mol. The first-order chi connectivity index (χ1) is 8.15. The number of methoxy groups -OCH3 is 1. The van der Waals surface area contributed by atoms with Crippen molar-refractivity contribution in [2.24, 2.45) is 0 Å². The second-order valence-electron chi connectivity index (χ2n) is 3.47. The van der Waals surface area contributed by atoms with Gasteiger partial charge in [-0.15, -0.1) is 11.3 Å². The number of anilines is 1. The van der Waals surface area contributed by atoms with Gasteiger partial charge in [-0.25, -0.2) is 4.98 Å². The molecule has 0 aliphatic rings. The van der Waals surface area contributed by atoms with E-state index in [-0.39, 0.29) is 0 Å². The summed E-state index contributed by atoms with van der Waals surface area (Å²) >= 11 is 1.44. The molecule has 0 spiro atoms. The zero-order valence-electron chi connectivity index (χ0n) is 9.52. The molecule has 0 unspecified atom stereocenters. The average molecular weight is 245 g/mol. The monoisotopic (exact) mass is 245 g/mol. The molecule has 0 amide bonds. The van der Waals surface area contributed by atoms with Gasteiger partial charge in [-0.2, -0.15) is 5.26 Å². The van der Waals surface area contributed by atoms with Crippen molar-refractivity contribution < 1.29 is 4.74 Å². The molecule has 86 valence electrons. The van der Waals surface area contributed by atoms with Crippen LogP contribution in [-0.2, 0) is 0 Å². The molecule has 0 fully saturated rings. The smallest absolute Gasteiger partial charge is 0.136 e. The Kier molecular flexibility index (Phi) is 2.98. The molecule has 0 aliphatic heterocycles. The van der Waals surface area contributed by atoms with Crippen LogP contribution in [0.3, 0.4) is 0 Å². The van der Waals surface area contributed by atoms with E-state index in [1.807, 2.05) is 13.0 Å². The van der Waals surface area contributed by atoms with Crippen LogP contribution >= 0.6 is 11.3 Å². The first kappa shape index (κ1) is 11.4. The number of hydrogen-bond acceptors (Lipinski definition) is 5. The molecule has 1 heterocycles. The summed E-state index contributed by atoms with van der Waals surface area (Å²) in [6.45, 7) is 1.90. The highest BCUT2D eigenvalue weighted by atomic mass is 32.1. The molecule has 0 atom stereocenters. The second-order valence-corrected chi connectivity index (χ2v) is 4.71. The minimum absolute atomic E-state index is 0.482. The number of nitrogen functional groups attached to an aromatic ring is 1. The van der Waals surface area contributed by atoms with Gasteiger partial charge in [0.25, 0.3) is 0 Å². The summed E-state index contributed by atoms with van der Waals surface area (Å²) in [4.78, 5) is 4.35. The SMILES string of the molecule is COc1ccc(-c2nc(C)sc2N)cc1C#N. The van der Waals surface area contributed by atoms with Crippen LogP contribution in [0.2, 0.25) is 0 Å². The summed E-state index contributed by atoms with van der Waals surface area (Å²) in [5, 5.41) is 10.6. The first-order valence-electron chi connectivity index (χ1n) is 4.97. The number of benzene rings is 1. The predicted octanol–water partition coefficient (Wildman–Crippen LogP) is 2.58. The van der Waals surface area contributed by atoms with Crippen molar-refractivity contribution >= 4 is 16.3 Å². The number of aromatic nitrogens is 1. The third kappa shape index (κ3) is 2.08. The average Bonchev–Trinajstić information content (AvgIpc) is 2.67. The van der Waals surface area contributed by atoms with Crippen molar-refractivity contribution in [2.75, 3.05) is 12.8 Å². The van der Waals surface area contributed by atoms with Crippen LogP contribution in [0.5, 0.6) is 5.75 Å². The van der Waals surface area contributed by atoms with Gasteiger partial charge in [-0.1, -0.05) is 0 Å². The van der Waals surface area contributed by atoms with Crippen LogP contribution in [0.25, 0.3) is 11.3 Å². The molecule has 4 nitrogen and oxygen atoms in total. The van der Waals surface area contributed by atoms with Crippen LogP contribution < -0.4 is 10.5 Å². The largest absolute Gasteiger partial charge is 0.495 e. The van der Waals surface area contributed by atoms with Crippen molar-refractivity contribution in [3.05, 3.63) is 28.8 Å². The Balaban J connectivity index is 2.55. The van der Waals surface area contributed by atoms with E-state index in [1.54, 1.807) is 12.1 Å². The van der Waals surface area contributed by atoms with Crippen molar-refractivity contribution in [3.8, 4) is 23.1 Å². The van der Waals surface area contributed by atoms with Gasteiger partial charge in [-0.3, -0.25) is 0 Å². The number of hydrogen-bond donors (Lipinski definition) is 1. The highest BCUT2D eigenvalue weighted by molar-refractivity contribution is 7.16. The number of rotatable bonds is 2. The normalized spacial score (nSPS) is 9.94. The molecule has 0 aliphatic carbocycles. The second kappa shape index (κ2) is 4.44. The summed E-state index contributed by atoms with van der Waals surface area (Å²) in [5.74, 6) is 0.557. The van der Waals surface area contributed by atoms with E-state index in [0.29, 0.717) is 16.3 Å². The number of thiazole rings is 1. The Morgan fingerprint density at radius 2 is 2.24 bits per heavy atom. The molecule has 2 aromatic rings. The number of nitrogens with two attached hydrogens (primary N) is 1. The minimum atomic E-state index is 0.482. The topological polar surface area (TPSA) is 71.9 Å². The maximum Gasteiger partial charge on any atom is 0.136 e. The van der Waals surface area contributed by atoms with Crippen LogP contribution in [0.4, 0.5) is 5.00 Å². The molecule has 17 heavy (non-hydrogen) atoms. The summed E-state index contributed by atoms with van der Waals surface area (Å²) < 4.78 is 5.09. The zero-order valence-corrected chi connectivity index (χ0v) is 10.3. The molecular weight excluding hydrogens is 234 g/mol. The van der Waals surface area contributed by atoms with E-state index in [0.717, 1.165) is 16.3 Å². The van der Waals surface area contributed by atoms with Crippen molar-refractivity contribution in [2.45, 2.75) is 6.92 Å². The number of nitrogens with zero attached hydrogens (tertiary/aromatic N) is 2. The molecule has 0 saturated heterocycles.